The third kappa shape index (κ3) is 7.20. The molecule has 96 valence electrons. The van der Waals surface area contributed by atoms with Gasteiger partial charge in [0.05, 0.1) is 6.10 Å². The third-order valence-electron chi connectivity index (χ3n) is 2.68. The van der Waals surface area contributed by atoms with Crippen LogP contribution in [0, 0.1) is 5.41 Å². The molecular formula is C13H27NO2. The van der Waals surface area contributed by atoms with Crippen LogP contribution in [0.2, 0.25) is 0 Å². The zero-order chi connectivity index (χ0) is 11.9. The van der Waals surface area contributed by atoms with Crippen LogP contribution in [0.5, 0.6) is 0 Å². The molecular weight excluding hydrogens is 202 g/mol. The lowest BCUT2D eigenvalue weighted by Crippen LogP contribution is -2.29. The molecule has 16 heavy (non-hydrogen) atoms. The van der Waals surface area contributed by atoms with E-state index in [1.807, 2.05) is 0 Å². The van der Waals surface area contributed by atoms with Crippen LogP contribution in [0.3, 0.4) is 0 Å². The van der Waals surface area contributed by atoms with Crippen LogP contribution < -0.4 is 5.32 Å². The summed E-state index contributed by atoms with van der Waals surface area (Å²) in [6.45, 7) is 11.5. The first-order valence-corrected chi connectivity index (χ1v) is 6.48. The Bertz CT molecular complexity index is 171. The van der Waals surface area contributed by atoms with Crippen molar-refractivity contribution < 1.29 is 9.47 Å². The lowest BCUT2D eigenvalue weighted by molar-refractivity contribution is -0.0322. The molecule has 0 aromatic heterocycles. The van der Waals surface area contributed by atoms with Gasteiger partial charge in [-0.1, -0.05) is 20.8 Å². The summed E-state index contributed by atoms with van der Waals surface area (Å²) in [5, 5.41) is 3.46. The summed E-state index contributed by atoms with van der Waals surface area (Å²) in [7, 11) is 0. The lowest BCUT2D eigenvalue weighted by atomic mass is 9.97. The third-order valence-corrected chi connectivity index (χ3v) is 2.68. The van der Waals surface area contributed by atoms with E-state index in [1.165, 1.54) is 0 Å². The molecule has 0 unspecified atom stereocenters. The Labute approximate surface area is 99.9 Å². The van der Waals surface area contributed by atoms with Crippen molar-refractivity contribution in [1.82, 2.24) is 5.32 Å². The van der Waals surface area contributed by atoms with Crippen molar-refractivity contribution in [3.63, 3.8) is 0 Å². The fraction of sp³-hybridized carbons (Fsp3) is 1.00. The largest absolute Gasteiger partial charge is 0.381 e. The van der Waals surface area contributed by atoms with Gasteiger partial charge in [-0.25, -0.2) is 0 Å². The van der Waals surface area contributed by atoms with E-state index in [0.29, 0.717) is 11.5 Å². The minimum absolute atomic E-state index is 0.377. The molecule has 0 aromatic carbocycles. The van der Waals surface area contributed by atoms with Gasteiger partial charge in [0.2, 0.25) is 0 Å². The second kappa shape index (κ2) is 7.25. The number of nitrogens with one attached hydrogen (secondary N) is 1. The van der Waals surface area contributed by atoms with Gasteiger partial charge < -0.3 is 14.8 Å². The second-order valence-corrected chi connectivity index (χ2v) is 5.77. The van der Waals surface area contributed by atoms with Crippen molar-refractivity contribution in [2.75, 3.05) is 32.9 Å². The smallest absolute Gasteiger partial charge is 0.0619 e. The van der Waals surface area contributed by atoms with Crippen molar-refractivity contribution in [1.29, 1.82) is 0 Å². The molecule has 1 aliphatic heterocycles. The minimum Gasteiger partial charge on any atom is -0.381 e. The van der Waals surface area contributed by atoms with E-state index >= 15 is 0 Å². The van der Waals surface area contributed by atoms with Crippen LogP contribution >= 0.6 is 0 Å². The van der Waals surface area contributed by atoms with Crippen LogP contribution in [-0.4, -0.2) is 39.0 Å². The number of rotatable bonds is 6. The van der Waals surface area contributed by atoms with Gasteiger partial charge in [-0.15, -0.1) is 0 Å². The van der Waals surface area contributed by atoms with Gasteiger partial charge in [0, 0.05) is 19.8 Å². The highest BCUT2D eigenvalue weighted by atomic mass is 16.5. The Hall–Kier alpha value is -0.120. The monoisotopic (exact) mass is 229 g/mol. The molecule has 0 bridgehead atoms. The van der Waals surface area contributed by atoms with E-state index in [0.717, 1.165) is 52.2 Å². The number of hydrogen-bond donors (Lipinski definition) is 1. The molecule has 0 spiro atoms. The van der Waals surface area contributed by atoms with E-state index in [-0.39, 0.29) is 0 Å². The average molecular weight is 229 g/mol. The molecule has 3 heteroatoms. The normalized spacial score (nSPS) is 18.9. The maximum Gasteiger partial charge on any atom is 0.0619 e. The number of hydrogen-bond acceptors (Lipinski definition) is 3. The van der Waals surface area contributed by atoms with Crippen molar-refractivity contribution in [3.05, 3.63) is 0 Å². The van der Waals surface area contributed by atoms with Crippen molar-refractivity contribution in [2.45, 2.75) is 46.1 Å². The molecule has 0 amide bonds. The molecule has 1 rings (SSSR count). The highest BCUT2D eigenvalue weighted by molar-refractivity contribution is 4.65. The summed E-state index contributed by atoms with van der Waals surface area (Å²) >= 11 is 0. The molecule has 1 fully saturated rings. The molecule has 1 N–H and O–H groups in total. The highest BCUT2D eigenvalue weighted by Crippen LogP contribution is 2.11. The first kappa shape index (κ1) is 13.9. The zero-order valence-corrected chi connectivity index (χ0v) is 11.1. The standard InChI is InChI=1S/C13H27NO2/c1-13(2,3)11-14-7-4-8-16-12-5-9-15-10-6-12/h12,14H,4-11H2,1-3H3. The maximum absolute atomic E-state index is 5.80. The molecule has 0 aliphatic carbocycles. The Morgan fingerprint density at radius 3 is 2.56 bits per heavy atom. The highest BCUT2D eigenvalue weighted by Gasteiger charge is 2.13. The van der Waals surface area contributed by atoms with Gasteiger partial charge in [-0.3, -0.25) is 0 Å². The Balaban J connectivity index is 1.87. The van der Waals surface area contributed by atoms with Crippen LogP contribution in [0.1, 0.15) is 40.0 Å². The van der Waals surface area contributed by atoms with E-state index in [4.69, 9.17) is 9.47 Å². The summed E-state index contributed by atoms with van der Waals surface area (Å²) in [6.07, 6.45) is 3.68. The average Bonchev–Trinajstić information content (AvgIpc) is 2.23. The van der Waals surface area contributed by atoms with Crippen molar-refractivity contribution in [3.8, 4) is 0 Å². The fourth-order valence-electron chi connectivity index (χ4n) is 1.75. The molecule has 0 saturated carbocycles. The van der Waals surface area contributed by atoms with Gasteiger partial charge in [-0.2, -0.15) is 0 Å². The lowest BCUT2D eigenvalue weighted by Gasteiger charge is -2.22. The van der Waals surface area contributed by atoms with Gasteiger partial charge in [0.1, 0.15) is 0 Å². The van der Waals surface area contributed by atoms with Crippen LogP contribution in [-0.2, 0) is 9.47 Å². The molecule has 3 nitrogen and oxygen atoms in total. The maximum atomic E-state index is 5.80. The van der Waals surface area contributed by atoms with Gasteiger partial charge in [0.15, 0.2) is 0 Å². The summed E-state index contributed by atoms with van der Waals surface area (Å²) in [5.41, 5.74) is 0.377. The van der Waals surface area contributed by atoms with Crippen LogP contribution in [0.25, 0.3) is 0 Å². The molecule has 0 aromatic rings. The van der Waals surface area contributed by atoms with Crippen molar-refractivity contribution in [2.24, 2.45) is 5.41 Å². The molecule has 0 radical (unpaired) electrons. The Kier molecular flexibility index (Phi) is 6.32. The van der Waals surface area contributed by atoms with Crippen LogP contribution in [0.4, 0.5) is 0 Å². The minimum atomic E-state index is 0.377. The summed E-state index contributed by atoms with van der Waals surface area (Å²) in [5.74, 6) is 0. The molecule has 1 saturated heterocycles. The Morgan fingerprint density at radius 2 is 1.94 bits per heavy atom. The summed E-state index contributed by atoms with van der Waals surface area (Å²) in [4.78, 5) is 0. The first-order valence-electron chi connectivity index (χ1n) is 6.48. The number of ether oxygens (including phenoxy) is 2. The quantitative estimate of drug-likeness (QED) is 0.708. The predicted molar refractivity (Wildman–Crippen MR) is 66.7 cm³/mol. The predicted octanol–water partition coefficient (Wildman–Crippen LogP) is 2.21. The fourth-order valence-corrected chi connectivity index (χ4v) is 1.75. The summed E-state index contributed by atoms with van der Waals surface area (Å²) in [6, 6.07) is 0. The van der Waals surface area contributed by atoms with E-state index < -0.39 is 0 Å². The van der Waals surface area contributed by atoms with Gasteiger partial charge >= 0.3 is 0 Å². The molecule has 1 heterocycles. The van der Waals surface area contributed by atoms with E-state index in [2.05, 4.69) is 26.1 Å². The molecule has 0 atom stereocenters. The summed E-state index contributed by atoms with van der Waals surface area (Å²) < 4.78 is 11.1. The molecule has 1 aliphatic rings. The van der Waals surface area contributed by atoms with E-state index in [1.54, 1.807) is 0 Å². The topological polar surface area (TPSA) is 30.5 Å². The van der Waals surface area contributed by atoms with Crippen molar-refractivity contribution >= 4 is 0 Å². The van der Waals surface area contributed by atoms with Gasteiger partial charge in [-0.05, 0) is 37.8 Å². The van der Waals surface area contributed by atoms with E-state index in [9.17, 15) is 0 Å². The SMILES string of the molecule is CC(C)(C)CNCCCOC1CCOCC1. The zero-order valence-electron chi connectivity index (χ0n) is 11.1. The Morgan fingerprint density at radius 1 is 1.25 bits per heavy atom. The van der Waals surface area contributed by atoms with Gasteiger partial charge in [0.25, 0.3) is 0 Å². The van der Waals surface area contributed by atoms with Crippen LogP contribution in [0.15, 0.2) is 0 Å². The first-order chi connectivity index (χ1) is 7.58. The second-order valence-electron chi connectivity index (χ2n) is 5.77.